The summed E-state index contributed by atoms with van der Waals surface area (Å²) in [4.78, 5) is 13.8. The van der Waals surface area contributed by atoms with Crippen molar-refractivity contribution in [2.75, 3.05) is 33.4 Å². The smallest absolute Gasteiger partial charge is 0.416 e. The summed E-state index contributed by atoms with van der Waals surface area (Å²) in [6.45, 7) is 1.83. The van der Waals surface area contributed by atoms with Crippen molar-refractivity contribution in [2.45, 2.75) is 19.0 Å². The van der Waals surface area contributed by atoms with Gasteiger partial charge in [0.2, 0.25) is 5.91 Å². The average Bonchev–Trinajstić information content (AvgIpc) is 2.54. The standard InChI is InChI=1S/C16H20F3NO3/c1-20(15(21)12-6-9-22-10-7-12)8-11-23-14-4-2-13(3-5-14)16(17,18)19/h2-5,12H,6-11H2,1H3. The lowest BCUT2D eigenvalue weighted by Gasteiger charge is -2.26. The molecule has 0 bridgehead atoms. The first-order valence-corrected chi connectivity index (χ1v) is 7.50. The van der Waals surface area contributed by atoms with Gasteiger partial charge in [0.25, 0.3) is 0 Å². The minimum absolute atomic E-state index is 0.0141. The summed E-state index contributed by atoms with van der Waals surface area (Å²) in [6, 6.07) is 4.52. The Hall–Kier alpha value is -1.76. The zero-order valence-electron chi connectivity index (χ0n) is 12.9. The van der Waals surface area contributed by atoms with E-state index in [9.17, 15) is 18.0 Å². The largest absolute Gasteiger partial charge is 0.492 e. The predicted molar refractivity (Wildman–Crippen MR) is 78.1 cm³/mol. The summed E-state index contributed by atoms with van der Waals surface area (Å²) in [6.07, 6.45) is -2.90. The van der Waals surface area contributed by atoms with Gasteiger partial charge in [-0.2, -0.15) is 13.2 Å². The van der Waals surface area contributed by atoms with Crippen molar-refractivity contribution in [1.82, 2.24) is 4.90 Å². The van der Waals surface area contributed by atoms with E-state index in [1.54, 1.807) is 11.9 Å². The molecule has 0 spiro atoms. The summed E-state index contributed by atoms with van der Waals surface area (Å²) >= 11 is 0. The highest BCUT2D eigenvalue weighted by atomic mass is 19.4. The second-order valence-corrected chi connectivity index (χ2v) is 5.52. The molecule has 1 aromatic carbocycles. The van der Waals surface area contributed by atoms with Crippen LogP contribution in [0, 0.1) is 5.92 Å². The van der Waals surface area contributed by atoms with Crippen LogP contribution >= 0.6 is 0 Å². The number of nitrogens with zero attached hydrogens (tertiary/aromatic N) is 1. The van der Waals surface area contributed by atoms with Gasteiger partial charge in [0, 0.05) is 26.2 Å². The maximum Gasteiger partial charge on any atom is 0.416 e. The fraction of sp³-hybridized carbons (Fsp3) is 0.562. The summed E-state index contributed by atoms with van der Waals surface area (Å²) in [5.74, 6) is 0.397. The Balaban J connectivity index is 1.76. The Morgan fingerprint density at radius 1 is 1.26 bits per heavy atom. The lowest BCUT2D eigenvalue weighted by atomic mass is 9.99. The molecular formula is C16H20F3NO3. The van der Waals surface area contributed by atoms with E-state index in [1.165, 1.54) is 12.1 Å². The molecule has 4 nitrogen and oxygen atoms in total. The maximum absolute atomic E-state index is 12.4. The molecule has 2 rings (SSSR count). The fourth-order valence-corrected chi connectivity index (χ4v) is 2.41. The molecule has 1 amide bonds. The first-order chi connectivity index (χ1) is 10.9. The van der Waals surface area contributed by atoms with E-state index in [1.807, 2.05) is 0 Å². The molecule has 7 heteroatoms. The van der Waals surface area contributed by atoms with Crippen LogP contribution in [0.1, 0.15) is 18.4 Å². The molecule has 0 aromatic heterocycles. The van der Waals surface area contributed by atoms with Crippen molar-refractivity contribution in [3.05, 3.63) is 29.8 Å². The van der Waals surface area contributed by atoms with Crippen molar-refractivity contribution in [2.24, 2.45) is 5.92 Å². The van der Waals surface area contributed by atoms with Crippen molar-refractivity contribution < 1.29 is 27.4 Å². The molecule has 0 unspecified atom stereocenters. The zero-order valence-corrected chi connectivity index (χ0v) is 12.9. The van der Waals surface area contributed by atoms with E-state index < -0.39 is 11.7 Å². The van der Waals surface area contributed by atoms with Gasteiger partial charge in [-0.15, -0.1) is 0 Å². The molecular weight excluding hydrogens is 311 g/mol. The summed E-state index contributed by atoms with van der Waals surface area (Å²) < 4.78 is 48.0. The van der Waals surface area contributed by atoms with Crippen LogP contribution in [0.15, 0.2) is 24.3 Å². The van der Waals surface area contributed by atoms with Gasteiger partial charge in [-0.3, -0.25) is 4.79 Å². The molecule has 1 saturated heterocycles. The van der Waals surface area contributed by atoms with Gasteiger partial charge < -0.3 is 14.4 Å². The lowest BCUT2D eigenvalue weighted by Crippen LogP contribution is -2.38. The third-order valence-corrected chi connectivity index (χ3v) is 3.82. The number of hydrogen-bond acceptors (Lipinski definition) is 3. The van der Waals surface area contributed by atoms with Crippen LogP contribution < -0.4 is 4.74 Å². The maximum atomic E-state index is 12.4. The minimum Gasteiger partial charge on any atom is -0.492 e. The number of hydrogen-bond donors (Lipinski definition) is 0. The van der Waals surface area contributed by atoms with Crippen molar-refractivity contribution in [3.8, 4) is 5.75 Å². The predicted octanol–water partition coefficient (Wildman–Crippen LogP) is 2.97. The van der Waals surface area contributed by atoms with Gasteiger partial charge in [0.05, 0.1) is 12.1 Å². The highest BCUT2D eigenvalue weighted by Crippen LogP contribution is 2.30. The molecule has 1 fully saturated rings. The van der Waals surface area contributed by atoms with Crippen molar-refractivity contribution >= 4 is 5.91 Å². The monoisotopic (exact) mass is 331 g/mol. The Morgan fingerprint density at radius 3 is 2.43 bits per heavy atom. The molecule has 0 atom stereocenters. The number of ether oxygens (including phenoxy) is 2. The van der Waals surface area contributed by atoms with E-state index in [0.29, 0.717) is 25.5 Å². The van der Waals surface area contributed by atoms with Gasteiger partial charge >= 0.3 is 6.18 Å². The summed E-state index contributed by atoms with van der Waals surface area (Å²) in [5, 5.41) is 0. The van der Waals surface area contributed by atoms with Crippen LogP contribution in [0.2, 0.25) is 0 Å². The average molecular weight is 331 g/mol. The van der Waals surface area contributed by atoms with Crippen LogP contribution in [0.3, 0.4) is 0 Å². The molecule has 0 radical (unpaired) electrons. The molecule has 1 aromatic rings. The second kappa shape index (κ2) is 7.68. The van der Waals surface area contributed by atoms with Crippen LogP contribution in [0.4, 0.5) is 13.2 Å². The number of alkyl halides is 3. The molecule has 1 aliphatic heterocycles. The number of likely N-dealkylation sites (N-methyl/N-ethyl adjacent to an activating group) is 1. The second-order valence-electron chi connectivity index (χ2n) is 5.52. The molecule has 1 aliphatic rings. The van der Waals surface area contributed by atoms with Gasteiger partial charge in [-0.1, -0.05) is 0 Å². The Labute approximate surface area is 133 Å². The van der Waals surface area contributed by atoms with E-state index in [2.05, 4.69) is 0 Å². The van der Waals surface area contributed by atoms with Crippen LogP contribution in [0.25, 0.3) is 0 Å². The molecule has 128 valence electrons. The van der Waals surface area contributed by atoms with E-state index in [-0.39, 0.29) is 18.4 Å². The molecule has 1 heterocycles. The molecule has 0 N–H and O–H groups in total. The quantitative estimate of drug-likeness (QED) is 0.833. The summed E-state index contributed by atoms with van der Waals surface area (Å²) in [7, 11) is 1.70. The van der Waals surface area contributed by atoms with E-state index in [4.69, 9.17) is 9.47 Å². The highest BCUT2D eigenvalue weighted by molar-refractivity contribution is 5.78. The third kappa shape index (κ3) is 5.13. The first-order valence-electron chi connectivity index (χ1n) is 7.50. The van der Waals surface area contributed by atoms with Crippen molar-refractivity contribution in [1.29, 1.82) is 0 Å². The van der Waals surface area contributed by atoms with Gasteiger partial charge in [-0.25, -0.2) is 0 Å². The molecule has 0 saturated carbocycles. The van der Waals surface area contributed by atoms with E-state index >= 15 is 0 Å². The number of rotatable bonds is 5. The summed E-state index contributed by atoms with van der Waals surface area (Å²) in [5.41, 5.74) is -0.711. The van der Waals surface area contributed by atoms with Gasteiger partial charge in [0.1, 0.15) is 12.4 Å². The number of benzene rings is 1. The van der Waals surface area contributed by atoms with Crippen molar-refractivity contribution in [3.63, 3.8) is 0 Å². The molecule has 23 heavy (non-hydrogen) atoms. The lowest BCUT2D eigenvalue weighted by molar-refractivity contribution is -0.138. The Kier molecular flexibility index (Phi) is 5.87. The normalized spacial score (nSPS) is 16.2. The highest BCUT2D eigenvalue weighted by Gasteiger charge is 2.30. The zero-order chi connectivity index (χ0) is 16.9. The number of carbonyl (C=O) groups excluding carboxylic acids is 1. The van der Waals surface area contributed by atoms with E-state index in [0.717, 1.165) is 25.0 Å². The Morgan fingerprint density at radius 2 is 1.87 bits per heavy atom. The Bertz CT molecular complexity index is 510. The molecule has 0 aliphatic carbocycles. The minimum atomic E-state index is -4.35. The van der Waals surface area contributed by atoms with Crippen LogP contribution in [-0.2, 0) is 15.7 Å². The van der Waals surface area contributed by atoms with Gasteiger partial charge in [0.15, 0.2) is 0 Å². The number of halogens is 3. The number of carbonyl (C=O) groups is 1. The fourth-order valence-electron chi connectivity index (χ4n) is 2.41. The first kappa shape index (κ1) is 17.6. The topological polar surface area (TPSA) is 38.8 Å². The van der Waals surface area contributed by atoms with Crippen LogP contribution in [0.5, 0.6) is 5.75 Å². The van der Waals surface area contributed by atoms with Gasteiger partial charge in [-0.05, 0) is 37.1 Å². The van der Waals surface area contributed by atoms with Crippen LogP contribution in [-0.4, -0.2) is 44.2 Å². The number of amides is 1. The third-order valence-electron chi connectivity index (χ3n) is 3.82. The SMILES string of the molecule is CN(CCOc1ccc(C(F)(F)F)cc1)C(=O)C1CCOCC1.